The Morgan fingerprint density at radius 3 is 2.62 bits per heavy atom. The number of urea groups is 1. The monoisotopic (exact) mass is 298 g/mol. The highest BCUT2D eigenvalue weighted by Crippen LogP contribution is 2.18. The predicted molar refractivity (Wildman–Crippen MR) is 74.9 cm³/mol. The van der Waals surface area contributed by atoms with Crippen molar-refractivity contribution in [2.24, 2.45) is 0 Å². The van der Waals surface area contributed by atoms with E-state index >= 15 is 0 Å². The van der Waals surface area contributed by atoms with Gasteiger partial charge in [-0.3, -0.25) is 0 Å². The van der Waals surface area contributed by atoms with Crippen molar-refractivity contribution in [1.29, 1.82) is 0 Å². The maximum atomic E-state index is 13.4. The molecule has 0 aliphatic heterocycles. The van der Waals surface area contributed by atoms with E-state index in [-0.39, 0.29) is 24.7 Å². The van der Waals surface area contributed by atoms with E-state index in [9.17, 15) is 18.7 Å². The third kappa shape index (κ3) is 4.97. The van der Waals surface area contributed by atoms with Crippen LogP contribution in [-0.2, 0) is 6.42 Å². The second kappa shape index (κ2) is 7.36. The van der Waals surface area contributed by atoms with Crippen LogP contribution in [0.15, 0.2) is 18.2 Å². The van der Waals surface area contributed by atoms with E-state index < -0.39 is 11.6 Å². The van der Waals surface area contributed by atoms with E-state index in [1.165, 1.54) is 12.1 Å². The van der Waals surface area contributed by atoms with Crippen LogP contribution in [-0.4, -0.2) is 29.8 Å². The molecular weight excluding hydrogens is 278 g/mol. The first-order valence-corrected chi connectivity index (χ1v) is 7.21. The lowest BCUT2D eigenvalue weighted by atomic mass is 9.93. The minimum atomic E-state index is -0.610. The number of carbonyl (C=O) groups is 1. The van der Waals surface area contributed by atoms with Crippen molar-refractivity contribution >= 4 is 6.03 Å². The van der Waals surface area contributed by atoms with E-state index in [1.807, 2.05) is 0 Å². The Balaban J connectivity index is 1.69. The lowest BCUT2D eigenvalue weighted by molar-refractivity contribution is 0.117. The van der Waals surface area contributed by atoms with Crippen LogP contribution in [0.3, 0.4) is 0 Å². The minimum Gasteiger partial charge on any atom is -0.393 e. The largest absolute Gasteiger partial charge is 0.393 e. The smallest absolute Gasteiger partial charge is 0.315 e. The molecule has 1 aromatic carbocycles. The molecule has 0 bridgehead atoms. The van der Waals surface area contributed by atoms with Gasteiger partial charge in [0.2, 0.25) is 0 Å². The average Bonchev–Trinajstić information content (AvgIpc) is 2.44. The van der Waals surface area contributed by atoms with Crippen molar-refractivity contribution in [1.82, 2.24) is 10.6 Å². The number of amides is 2. The quantitative estimate of drug-likeness (QED) is 0.797. The Morgan fingerprint density at radius 1 is 1.24 bits per heavy atom. The molecule has 1 aliphatic carbocycles. The maximum Gasteiger partial charge on any atom is 0.315 e. The molecule has 0 radical (unpaired) electrons. The van der Waals surface area contributed by atoms with Gasteiger partial charge in [0.25, 0.3) is 0 Å². The van der Waals surface area contributed by atoms with Crippen LogP contribution in [0.25, 0.3) is 0 Å². The van der Waals surface area contributed by atoms with Gasteiger partial charge in [0.1, 0.15) is 11.6 Å². The summed E-state index contributed by atoms with van der Waals surface area (Å²) in [6, 6.07) is 3.20. The molecule has 0 saturated heterocycles. The SMILES string of the molecule is O=C(NCCc1ccc(F)cc1F)NC1CCC(O)CC1. The van der Waals surface area contributed by atoms with E-state index in [2.05, 4.69) is 10.6 Å². The molecule has 2 amide bonds. The highest BCUT2D eigenvalue weighted by molar-refractivity contribution is 5.74. The summed E-state index contributed by atoms with van der Waals surface area (Å²) >= 11 is 0. The first-order valence-electron chi connectivity index (χ1n) is 7.21. The van der Waals surface area contributed by atoms with Crippen molar-refractivity contribution < 1.29 is 18.7 Å². The van der Waals surface area contributed by atoms with Gasteiger partial charge in [-0.25, -0.2) is 13.6 Å². The van der Waals surface area contributed by atoms with Gasteiger partial charge in [-0.15, -0.1) is 0 Å². The summed E-state index contributed by atoms with van der Waals surface area (Å²) < 4.78 is 26.1. The van der Waals surface area contributed by atoms with Crippen molar-refractivity contribution in [3.63, 3.8) is 0 Å². The third-order valence-corrected chi connectivity index (χ3v) is 3.73. The van der Waals surface area contributed by atoms with Crippen molar-refractivity contribution in [3.05, 3.63) is 35.4 Å². The molecule has 0 heterocycles. The summed E-state index contributed by atoms with van der Waals surface area (Å²) in [7, 11) is 0. The Kier molecular flexibility index (Phi) is 5.50. The minimum absolute atomic E-state index is 0.0796. The molecule has 4 nitrogen and oxygen atoms in total. The van der Waals surface area contributed by atoms with Crippen LogP contribution in [0.2, 0.25) is 0 Å². The normalized spacial score (nSPS) is 21.9. The number of hydrogen-bond acceptors (Lipinski definition) is 2. The van der Waals surface area contributed by atoms with Gasteiger partial charge in [-0.1, -0.05) is 6.07 Å². The molecule has 1 aromatic rings. The maximum absolute atomic E-state index is 13.4. The van der Waals surface area contributed by atoms with Crippen LogP contribution in [0.1, 0.15) is 31.2 Å². The molecule has 116 valence electrons. The molecule has 0 unspecified atom stereocenters. The van der Waals surface area contributed by atoms with Crippen molar-refractivity contribution in [2.75, 3.05) is 6.54 Å². The lowest BCUT2D eigenvalue weighted by Crippen LogP contribution is -2.44. The molecule has 0 atom stereocenters. The molecule has 1 aliphatic rings. The van der Waals surface area contributed by atoms with E-state index in [0.29, 0.717) is 24.8 Å². The summed E-state index contributed by atoms with van der Waals surface area (Å²) in [5.41, 5.74) is 0.373. The van der Waals surface area contributed by atoms with Gasteiger partial charge < -0.3 is 15.7 Å². The molecule has 1 fully saturated rings. The fraction of sp³-hybridized carbons (Fsp3) is 0.533. The number of carbonyl (C=O) groups excluding carboxylic acids is 1. The highest BCUT2D eigenvalue weighted by atomic mass is 19.1. The Labute approximate surface area is 122 Å². The van der Waals surface area contributed by atoms with Crippen LogP contribution in [0, 0.1) is 11.6 Å². The summed E-state index contributed by atoms with van der Waals surface area (Å²) in [5, 5.41) is 14.9. The van der Waals surface area contributed by atoms with E-state index in [1.54, 1.807) is 0 Å². The highest BCUT2D eigenvalue weighted by Gasteiger charge is 2.20. The number of aliphatic hydroxyl groups is 1. The zero-order valence-corrected chi connectivity index (χ0v) is 11.7. The Morgan fingerprint density at radius 2 is 1.95 bits per heavy atom. The number of rotatable bonds is 4. The lowest BCUT2D eigenvalue weighted by Gasteiger charge is -2.26. The second-order valence-electron chi connectivity index (χ2n) is 5.39. The van der Waals surface area contributed by atoms with Gasteiger partial charge in [-0.05, 0) is 43.7 Å². The first kappa shape index (κ1) is 15.7. The van der Waals surface area contributed by atoms with Crippen LogP contribution in [0.4, 0.5) is 13.6 Å². The van der Waals surface area contributed by atoms with E-state index in [0.717, 1.165) is 18.9 Å². The van der Waals surface area contributed by atoms with E-state index in [4.69, 9.17) is 0 Å². The summed E-state index contributed by atoms with van der Waals surface area (Å²) in [6.07, 6.45) is 2.98. The van der Waals surface area contributed by atoms with Gasteiger partial charge in [0, 0.05) is 18.7 Å². The van der Waals surface area contributed by atoms with Crippen LogP contribution >= 0.6 is 0 Å². The summed E-state index contributed by atoms with van der Waals surface area (Å²) in [4.78, 5) is 11.7. The van der Waals surface area contributed by atoms with Gasteiger partial charge in [-0.2, -0.15) is 0 Å². The van der Waals surface area contributed by atoms with Crippen molar-refractivity contribution in [2.45, 2.75) is 44.2 Å². The second-order valence-corrected chi connectivity index (χ2v) is 5.39. The number of hydrogen-bond donors (Lipinski definition) is 3. The first-order chi connectivity index (χ1) is 10.0. The molecule has 6 heteroatoms. The fourth-order valence-corrected chi connectivity index (χ4v) is 2.49. The summed E-state index contributed by atoms with van der Waals surface area (Å²) in [5.74, 6) is -1.21. The average molecular weight is 298 g/mol. The molecule has 3 N–H and O–H groups in total. The van der Waals surface area contributed by atoms with Crippen LogP contribution in [0.5, 0.6) is 0 Å². The number of aliphatic hydroxyl groups excluding tert-OH is 1. The molecule has 21 heavy (non-hydrogen) atoms. The molecule has 0 aromatic heterocycles. The fourth-order valence-electron chi connectivity index (χ4n) is 2.49. The molecule has 2 rings (SSSR count). The zero-order valence-electron chi connectivity index (χ0n) is 11.7. The van der Waals surface area contributed by atoms with Crippen LogP contribution < -0.4 is 10.6 Å². The third-order valence-electron chi connectivity index (χ3n) is 3.73. The van der Waals surface area contributed by atoms with Gasteiger partial charge >= 0.3 is 6.03 Å². The molecule has 1 saturated carbocycles. The summed E-state index contributed by atoms with van der Waals surface area (Å²) in [6.45, 7) is 0.281. The number of nitrogens with one attached hydrogen (secondary N) is 2. The number of benzene rings is 1. The Bertz CT molecular complexity index is 489. The number of halogens is 2. The van der Waals surface area contributed by atoms with Crippen molar-refractivity contribution in [3.8, 4) is 0 Å². The Hall–Kier alpha value is -1.69. The predicted octanol–water partition coefficient (Wildman–Crippen LogP) is 2.11. The van der Waals surface area contributed by atoms with Gasteiger partial charge in [0.05, 0.1) is 6.10 Å². The standard InChI is InChI=1S/C15H20F2N2O2/c16-11-2-1-10(14(17)9-11)7-8-18-15(21)19-12-3-5-13(20)6-4-12/h1-2,9,12-13,20H,3-8H2,(H2,18,19,21). The van der Waals surface area contributed by atoms with Gasteiger partial charge in [0.15, 0.2) is 0 Å². The topological polar surface area (TPSA) is 61.4 Å². The zero-order chi connectivity index (χ0) is 15.2. The molecule has 0 spiro atoms. The molecular formula is C15H20F2N2O2.